The standard InChI is InChI=1S/C13H12O2/c14-12-6-7-13(15)11(9-12)8-10-4-2-1-3-5-10/h1-7,9,11,14H,8H2. The van der Waals surface area contributed by atoms with E-state index in [1.807, 2.05) is 30.3 Å². The van der Waals surface area contributed by atoms with Crippen molar-refractivity contribution in [3.8, 4) is 0 Å². The van der Waals surface area contributed by atoms with Gasteiger partial charge in [-0.05, 0) is 30.2 Å². The van der Waals surface area contributed by atoms with Crippen LogP contribution in [0.25, 0.3) is 0 Å². The van der Waals surface area contributed by atoms with Crippen molar-refractivity contribution >= 4 is 5.78 Å². The van der Waals surface area contributed by atoms with Crippen molar-refractivity contribution < 1.29 is 9.90 Å². The van der Waals surface area contributed by atoms with E-state index in [0.29, 0.717) is 6.42 Å². The minimum atomic E-state index is -0.225. The Morgan fingerprint density at radius 3 is 2.60 bits per heavy atom. The number of hydrogen-bond donors (Lipinski definition) is 1. The monoisotopic (exact) mass is 200 g/mol. The first kappa shape index (κ1) is 9.71. The predicted molar refractivity (Wildman–Crippen MR) is 58.5 cm³/mol. The van der Waals surface area contributed by atoms with Gasteiger partial charge in [0.25, 0.3) is 0 Å². The highest BCUT2D eigenvalue weighted by Gasteiger charge is 2.17. The molecule has 2 nitrogen and oxygen atoms in total. The van der Waals surface area contributed by atoms with Gasteiger partial charge in [-0.2, -0.15) is 0 Å². The molecule has 1 aromatic rings. The van der Waals surface area contributed by atoms with E-state index in [-0.39, 0.29) is 17.5 Å². The fourth-order valence-electron chi connectivity index (χ4n) is 1.66. The van der Waals surface area contributed by atoms with Crippen LogP contribution in [0.3, 0.4) is 0 Å². The minimum absolute atomic E-state index is 0.0525. The normalized spacial score (nSPS) is 20.1. The molecule has 1 aromatic carbocycles. The van der Waals surface area contributed by atoms with Gasteiger partial charge < -0.3 is 5.11 Å². The van der Waals surface area contributed by atoms with Crippen LogP contribution < -0.4 is 0 Å². The lowest BCUT2D eigenvalue weighted by Crippen LogP contribution is -2.15. The topological polar surface area (TPSA) is 37.3 Å². The van der Waals surface area contributed by atoms with E-state index >= 15 is 0 Å². The molecule has 76 valence electrons. The molecule has 0 heterocycles. The Kier molecular flexibility index (Phi) is 2.68. The summed E-state index contributed by atoms with van der Waals surface area (Å²) in [5.41, 5.74) is 1.11. The van der Waals surface area contributed by atoms with E-state index < -0.39 is 0 Å². The summed E-state index contributed by atoms with van der Waals surface area (Å²) >= 11 is 0. The van der Waals surface area contributed by atoms with Crippen molar-refractivity contribution in [2.75, 3.05) is 0 Å². The van der Waals surface area contributed by atoms with E-state index in [0.717, 1.165) is 5.56 Å². The number of allylic oxidation sites excluding steroid dienone is 3. The number of carbonyl (C=O) groups excluding carboxylic acids is 1. The van der Waals surface area contributed by atoms with Gasteiger partial charge in [0, 0.05) is 5.92 Å². The molecule has 2 heteroatoms. The van der Waals surface area contributed by atoms with Gasteiger partial charge in [-0.1, -0.05) is 30.3 Å². The molecule has 1 N–H and O–H groups in total. The molecule has 0 bridgehead atoms. The molecule has 0 saturated heterocycles. The lowest BCUT2D eigenvalue weighted by atomic mass is 9.91. The van der Waals surface area contributed by atoms with E-state index in [4.69, 9.17) is 0 Å². The molecule has 0 fully saturated rings. The maximum Gasteiger partial charge on any atom is 0.163 e. The Morgan fingerprint density at radius 1 is 1.13 bits per heavy atom. The second-order valence-corrected chi connectivity index (χ2v) is 3.62. The second kappa shape index (κ2) is 4.13. The average Bonchev–Trinajstić information content (AvgIpc) is 2.25. The largest absolute Gasteiger partial charge is 0.508 e. The third kappa shape index (κ3) is 2.34. The van der Waals surface area contributed by atoms with E-state index in [1.54, 1.807) is 6.08 Å². The zero-order valence-corrected chi connectivity index (χ0v) is 8.26. The van der Waals surface area contributed by atoms with Crippen LogP contribution in [0, 0.1) is 5.92 Å². The van der Waals surface area contributed by atoms with Crippen molar-refractivity contribution in [1.29, 1.82) is 0 Å². The molecule has 2 rings (SSSR count). The quantitative estimate of drug-likeness (QED) is 0.796. The molecule has 0 saturated carbocycles. The highest BCUT2D eigenvalue weighted by atomic mass is 16.3. The third-order valence-corrected chi connectivity index (χ3v) is 2.45. The third-order valence-electron chi connectivity index (χ3n) is 2.45. The van der Waals surface area contributed by atoms with E-state index in [1.165, 1.54) is 12.2 Å². The second-order valence-electron chi connectivity index (χ2n) is 3.62. The van der Waals surface area contributed by atoms with Crippen LogP contribution in [0.1, 0.15) is 5.56 Å². The number of hydrogen-bond acceptors (Lipinski definition) is 2. The molecule has 1 atom stereocenters. The number of rotatable bonds is 2. The van der Waals surface area contributed by atoms with Gasteiger partial charge in [0.2, 0.25) is 0 Å². The lowest BCUT2D eigenvalue weighted by Gasteiger charge is -2.12. The molecule has 1 aliphatic carbocycles. The number of ketones is 1. The Bertz CT molecular complexity index is 415. The van der Waals surface area contributed by atoms with Gasteiger partial charge in [-0.15, -0.1) is 0 Å². The highest BCUT2D eigenvalue weighted by Crippen LogP contribution is 2.17. The lowest BCUT2D eigenvalue weighted by molar-refractivity contribution is -0.117. The van der Waals surface area contributed by atoms with Crippen LogP contribution in [-0.4, -0.2) is 10.9 Å². The Morgan fingerprint density at radius 2 is 1.87 bits per heavy atom. The minimum Gasteiger partial charge on any atom is -0.508 e. The van der Waals surface area contributed by atoms with Gasteiger partial charge in [-0.3, -0.25) is 4.79 Å². The molecular weight excluding hydrogens is 188 g/mol. The Balaban J connectivity index is 2.13. The van der Waals surface area contributed by atoms with Gasteiger partial charge in [0.15, 0.2) is 5.78 Å². The number of benzene rings is 1. The molecule has 1 aliphatic rings. The van der Waals surface area contributed by atoms with Crippen molar-refractivity contribution in [3.05, 3.63) is 59.9 Å². The molecule has 1 unspecified atom stereocenters. The molecule has 15 heavy (non-hydrogen) atoms. The first-order valence-electron chi connectivity index (χ1n) is 4.92. The van der Waals surface area contributed by atoms with E-state index in [2.05, 4.69) is 0 Å². The molecular formula is C13H12O2. The number of aliphatic hydroxyl groups is 1. The van der Waals surface area contributed by atoms with Gasteiger partial charge in [0.1, 0.15) is 5.76 Å². The Hall–Kier alpha value is -1.83. The van der Waals surface area contributed by atoms with Crippen LogP contribution in [0.4, 0.5) is 0 Å². The summed E-state index contributed by atoms with van der Waals surface area (Å²) in [7, 11) is 0. The maximum atomic E-state index is 11.5. The van der Waals surface area contributed by atoms with Crippen LogP contribution in [0.5, 0.6) is 0 Å². The fourth-order valence-corrected chi connectivity index (χ4v) is 1.66. The molecule has 0 aliphatic heterocycles. The van der Waals surface area contributed by atoms with Crippen LogP contribution in [-0.2, 0) is 11.2 Å². The number of aliphatic hydroxyl groups excluding tert-OH is 1. The predicted octanol–water partition coefficient (Wildman–Crippen LogP) is 2.43. The summed E-state index contributed by atoms with van der Waals surface area (Å²) in [4.78, 5) is 11.5. The first-order valence-corrected chi connectivity index (χ1v) is 4.92. The van der Waals surface area contributed by atoms with Crippen molar-refractivity contribution in [3.63, 3.8) is 0 Å². The SMILES string of the molecule is O=C1C=CC(O)=CC1Cc1ccccc1. The highest BCUT2D eigenvalue weighted by molar-refractivity contribution is 5.94. The Labute approximate surface area is 88.6 Å². The van der Waals surface area contributed by atoms with Crippen LogP contribution in [0.2, 0.25) is 0 Å². The van der Waals surface area contributed by atoms with Gasteiger partial charge in [-0.25, -0.2) is 0 Å². The summed E-state index contributed by atoms with van der Waals surface area (Å²) in [6, 6.07) is 9.80. The fraction of sp³-hybridized carbons (Fsp3) is 0.154. The maximum absolute atomic E-state index is 11.5. The molecule has 0 radical (unpaired) electrons. The smallest absolute Gasteiger partial charge is 0.163 e. The zero-order chi connectivity index (χ0) is 10.7. The van der Waals surface area contributed by atoms with Gasteiger partial charge >= 0.3 is 0 Å². The molecule has 0 amide bonds. The summed E-state index contributed by atoms with van der Waals surface area (Å²) < 4.78 is 0. The summed E-state index contributed by atoms with van der Waals surface area (Å²) in [5, 5.41) is 9.30. The summed E-state index contributed by atoms with van der Waals surface area (Å²) in [6.07, 6.45) is 5.12. The van der Waals surface area contributed by atoms with Gasteiger partial charge in [0.05, 0.1) is 0 Å². The van der Waals surface area contributed by atoms with Crippen molar-refractivity contribution in [2.45, 2.75) is 6.42 Å². The summed E-state index contributed by atoms with van der Waals surface area (Å²) in [6.45, 7) is 0. The van der Waals surface area contributed by atoms with Crippen molar-refractivity contribution in [1.82, 2.24) is 0 Å². The molecule has 0 aromatic heterocycles. The van der Waals surface area contributed by atoms with Crippen molar-refractivity contribution in [2.24, 2.45) is 5.92 Å². The van der Waals surface area contributed by atoms with Crippen LogP contribution in [0.15, 0.2) is 54.3 Å². The first-order chi connectivity index (χ1) is 7.25. The number of carbonyl (C=O) groups is 1. The van der Waals surface area contributed by atoms with E-state index in [9.17, 15) is 9.90 Å². The molecule has 0 spiro atoms. The zero-order valence-electron chi connectivity index (χ0n) is 8.26. The summed E-state index contributed by atoms with van der Waals surface area (Å²) in [5.74, 6) is 0.00424. The average molecular weight is 200 g/mol. The van der Waals surface area contributed by atoms with Crippen LogP contribution >= 0.6 is 0 Å².